The van der Waals surface area contributed by atoms with Crippen molar-refractivity contribution in [3.05, 3.63) is 54.1 Å². The molecule has 2 amide bonds. The maximum atomic E-state index is 12.9. The minimum absolute atomic E-state index is 0.199. The average molecular weight is 323 g/mol. The Balaban J connectivity index is 1.89. The Kier molecular flexibility index (Phi) is 4.79. The predicted octanol–water partition coefficient (Wildman–Crippen LogP) is 4.23. The number of carbonyl (C=O) groups is 1. The number of carbonyl (C=O) groups excluding carboxylic acids is 1. The highest BCUT2D eigenvalue weighted by Crippen LogP contribution is 2.24. The molecule has 1 heterocycles. The van der Waals surface area contributed by atoms with Gasteiger partial charge in [0.2, 0.25) is 0 Å². The summed E-state index contributed by atoms with van der Waals surface area (Å²) < 4.78 is 5.20. The summed E-state index contributed by atoms with van der Waals surface area (Å²) in [6.07, 6.45) is 1.77. The minimum Gasteiger partial charge on any atom is -0.497 e. The van der Waals surface area contributed by atoms with Crippen LogP contribution in [0.25, 0.3) is 0 Å². The zero-order valence-electron chi connectivity index (χ0n) is 14.0. The molecule has 0 saturated heterocycles. The van der Waals surface area contributed by atoms with Gasteiger partial charge in [-0.3, -0.25) is 9.89 Å². The molecule has 24 heavy (non-hydrogen) atoms. The number of aryl methyl sites for hydroxylation is 1. The van der Waals surface area contributed by atoms with E-state index in [0.717, 1.165) is 47.9 Å². The monoisotopic (exact) mass is 323 g/mol. The van der Waals surface area contributed by atoms with Crippen molar-refractivity contribution in [3.63, 3.8) is 0 Å². The number of aliphatic imine (C=N–C) groups is 1. The SMILES string of the molecule is COc1ccc(N(C(=O)Nc2ccccc2C)C2=NCCC2)cc1. The van der Waals surface area contributed by atoms with E-state index in [4.69, 9.17) is 4.74 Å². The van der Waals surface area contributed by atoms with Crippen LogP contribution in [0.4, 0.5) is 16.2 Å². The van der Waals surface area contributed by atoms with Crippen molar-refractivity contribution in [2.75, 3.05) is 23.9 Å². The van der Waals surface area contributed by atoms with Gasteiger partial charge in [-0.05, 0) is 49.2 Å². The van der Waals surface area contributed by atoms with Crippen LogP contribution in [-0.2, 0) is 0 Å². The van der Waals surface area contributed by atoms with Crippen LogP contribution in [0.2, 0.25) is 0 Å². The summed E-state index contributed by atoms with van der Waals surface area (Å²) in [4.78, 5) is 19.1. The lowest BCUT2D eigenvalue weighted by Crippen LogP contribution is -2.39. The van der Waals surface area contributed by atoms with E-state index in [1.165, 1.54) is 0 Å². The smallest absolute Gasteiger partial charge is 0.331 e. The molecule has 1 aliphatic rings. The Hall–Kier alpha value is -2.82. The first-order chi connectivity index (χ1) is 11.7. The number of amidine groups is 1. The van der Waals surface area contributed by atoms with Crippen molar-refractivity contribution in [2.24, 2.45) is 4.99 Å². The summed E-state index contributed by atoms with van der Waals surface area (Å²) in [5.41, 5.74) is 2.61. The van der Waals surface area contributed by atoms with E-state index in [1.807, 2.05) is 55.5 Å². The van der Waals surface area contributed by atoms with Gasteiger partial charge < -0.3 is 10.1 Å². The van der Waals surface area contributed by atoms with Crippen molar-refractivity contribution in [3.8, 4) is 5.75 Å². The van der Waals surface area contributed by atoms with Gasteiger partial charge in [-0.25, -0.2) is 4.79 Å². The van der Waals surface area contributed by atoms with Gasteiger partial charge in [-0.15, -0.1) is 0 Å². The maximum absolute atomic E-state index is 12.9. The second-order valence-electron chi connectivity index (χ2n) is 5.68. The normalized spacial score (nSPS) is 13.3. The van der Waals surface area contributed by atoms with Gasteiger partial charge in [0.05, 0.1) is 12.8 Å². The fraction of sp³-hybridized carbons (Fsp3) is 0.263. The zero-order valence-corrected chi connectivity index (χ0v) is 14.0. The Morgan fingerprint density at radius 2 is 1.92 bits per heavy atom. The molecule has 1 aliphatic heterocycles. The van der Waals surface area contributed by atoms with E-state index in [0.29, 0.717) is 0 Å². The Labute approximate surface area is 142 Å². The highest BCUT2D eigenvalue weighted by atomic mass is 16.5. The third kappa shape index (κ3) is 3.40. The molecule has 3 rings (SSSR count). The molecule has 0 aromatic heterocycles. The van der Waals surface area contributed by atoms with E-state index in [1.54, 1.807) is 12.0 Å². The number of hydrogen-bond donors (Lipinski definition) is 1. The van der Waals surface area contributed by atoms with Gasteiger partial charge in [0, 0.05) is 18.7 Å². The minimum atomic E-state index is -0.199. The van der Waals surface area contributed by atoms with Crippen LogP contribution in [-0.4, -0.2) is 25.5 Å². The first-order valence-corrected chi connectivity index (χ1v) is 8.03. The van der Waals surface area contributed by atoms with Crippen molar-refractivity contribution in [1.82, 2.24) is 0 Å². The van der Waals surface area contributed by atoms with E-state index in [-0.39, 0.29) is 6.03 Å². The van der Waals surface area contributed by atoms with Crippen LogP contribution in [0.1, 0.15) is 18.4 Å². The molecule has 2 aromatic rings. The largest absolute Gasteiger partial charge is 0.497 e. The predicted molar refractivity (Wildman–Crippen MR) is 97.2 cm³/mol. The van der Waals surface area contributed by atoms with Crippen molar-refractivity contribution in [1.29, 1.82) is 0 Å². The lowest BCUT2D eigenvalue weighted by molar-refractivity contribution is 0.259. The molecule has 0 radical (unpaired) electrons. The number of benzene rings is 2. The van der Waals surface area contributed by atoms with Gasteiger partial charge in [-0.2, -0.15) is 0 Å². The van der Waals surface area contributed by atoms with E-state index >= 15 is 0 Å². The van der Waals surface area contributed by atoms with Crippen LogP contribution in [0.3, 0.4) is 0 Å². The van der Waals surface area contributed by atoms with Crippen molar-refractivity contribution >= 4 is 23.2 Å². The molecular formula is C19H21N3O2. The maximum Gasteiger partial charge on any atom is 0.331 e. The molecule has 5 nitrogen and oxygen atoms in total. The van der Waals surface area contributed by atoms with E-state index in [9.17, 15) is 4.79 Å². The third-order valence-electron chi connectivity index (χ3n) is 4.03. The summed E-state index contributed by atoms with van der Waals surface area (Å²) >= 11 is 0. The number of ether oxygens (including phenoxy) is 1. The van der Waals surface area contributed by atoms with E-state index < -0.39 is 0 Å². The number of urea groups is 1. The molecule has 1 N–H and O–H groups in total. The molecule has 0 saturated carbocycles. The number of rotatable bonds is 3. The highest BCUT2D eigenvalue weighted by Gasteiger charge is 2.24. The Morgan fingerprint density at radius 1 is 1.17 bits per heavy atom. The van der Waals surface area contributed by atoms with Gasteiger partial charge in [0.25, 0.3) is 0 Å². The van der Waals surface area contributed by atoms with Gasteiger partial charge in [0.1, 0.15) is 11.6 Å². The number of hydrogen-bond acceptors (Lipinski definition) is 3. The van der Waals surface area contributed by atoms with Crippen LogP contribution in [0.5, 0.6) is 5.75 Å². The van der Waals surface area contributed by atoms with Crippen molar-refractivity contribution < 1.29 is 9.53 Å². The van der Waals surface area contributed by atoms with Gasteiger partial charge in [0.15, 0.2) is 0 Å². The first kappa shape index (κ1) is 16.1. The molecule has 124 valence electrons. The third-order valence-corrected chi connectivity index (χ3v) is 4.03. The molecule has 0 aliphatic carbocycles. The number of nitrogens with one attached hydrogen (secondary N) is 1. The Morgan fingerprint density at radius 3 is 2.54 bits per heavy atom. The zero-order chi connectivity index (χ0) is 16.9. The number of amides is 2. The second-order valence-corrected chi connectivity index (χ2v) is 5.68. The number of para-hydroxylation sites is 1. The van der Waals surface area contributed by atoms with E-state index in [2.05, 4.69) is 10.3 Å². The fourth-order valence-electron chi connectivity index (χ4n) is 2.71. The summed E-state index contributed by atoms with van der Waals surface area (Å²) in [5, 5.41) is 2.99. The van der Waals surface area contributed by atoms with Crippen LogP contribution in [0.15, 0.2) is 53.5 Å². The molecule has 0 unspecified atom stereocenters. The molecule has 0 fully saturated rings. The topological polar surface area (TPSA) is 53.9 Å². The number of nitrogens with zero attached hydrogens (tertiary/aromatic N) is 2. The fourth-order valence-corrected chi connectivity index (χ4v) is 2.71. The Bertz CT molecular complexity index is 753. The average Bonchev–Trinajstić information content (AvgIpc) is 3.12. The lowest BCUT2D eigenvalue weighted by atomic mass is 10.2. The standard InChI is InChI=1S/C19H21N3O2/c1-14-6-3-4-7-17(14)21-19(23)22(18-8-5-13-20-18)15-9-11-16(24-2)12-10-15/h3-4,6-7,9-12H,5,8,13H2,1-2H3,(H,21,23). The van der Waals surface area contributed by atoms with Gasteiger partial charge in [-0.1, -0.05) is 18.2 Å². The number of methoxy groups -OCH3 is 1. The number of anilines is 2. The van der Waals surface area contributed by atoms with Crippen LogP contribution < -0.4 is 15.0 Å². The summed E-state index contributed by atoms with van der Waals surface area (Å²) in [6.45, 7) is 2.74. The van der Waals surface area contributed by atoms with Gasteiger partial charge >= 0.3 is 6.03 Å². The first-order valence-electron chi connectivity index (χ1n) is 8.03. The lowest BCUT2D eigenvalue weighted by Gasteiger charge is -2.23. The molecule has 0 atom stereocenters. The molecular weight excluding hydrogens is 302 g/mol. The summed E-state index contributed by atoms with van der Waals surface area (Å²) in [6, 6.07) is 15.0. The highest BCUT2D eigenvalue weighted by molar-refractivity contribution is 6.20. The molecule has 0 spiro atoms. The quantitative estimate of drug-likeness (QED) is 0.919. The van der Waals surface area contributed by atoms with Crippen LogP contribution in [0, 0.1) is 6.92 Å². The molecule has 0 bridgehead atoms. The molecule has 2 aromatic carbocycles. The second kappa shape index (κ2) is 7.17. The summed E-state index contributed by atoms with van der Waals surface area (Å²) in [7, 11) is 1.62. The van der Waals surface area contributed by atoms with Crippen LogP contribution >= 0.6 is 0 Å². The van der Waals surface area contributed by atoms with Crippen molar-refractivity contribution in [2.45, 2.75) is 19.8 Å². The summed E-state index contributed by atoms with van der Waals surface area (Å²) in [5.74, 6) is 1.55. The molecule has 5 heteroatoms.